The van der Waals surface area contributed by atoms with E-state index < -0.39 is 0 Å². The number of hydrogen-bond donors (Lipinski definition) is 1. The Morgan fingerprint density at radius 2 is 2.06 bits per heavy atom. The van der Waals surface area contributed by atoms with Gasteiger partial charge in [0.1, 0.15) is 0 Å². The van der Waals surface area contributed by atoms with E-state index in [2.05, 4.69) is 42.5 Å². The third kappa shape index (κ3) is 3.00. The summed E-state index contributed by atoms with van der Waals surface area (Å²) in [5.74, 6) is 0. The van der Waals surface area contributed by atoms with E-state index in [1.54, 1.807) is 0 Å². The highest BCUT2D eigenvalue weighted by atomic mass is 32.1. The molecule has 0 spiro atoms. The lowest BCUT2D eigenvalue weighted by atomic mass is 10.1. The molecule has 2 heterocycles. The Bertz CT molecular complexity index is 487. The van der Waals surface area contributed by atoms with Gasteiger partial charge in [-0.15, -0.1) is 11.3 Å². The number of aromatic nitrogens is 2. The highest BCUT2D eigenvalue weighted by molar-refractivity contribution is 7.11. The topological polar surface area (TPSA) is 29.9 Å². The molecule has 2 rings (SSSR count). The van der Waals surface area contributed by atoms with Gasteiger partial charge in [0.2, 0.25) is 0 Å². The maximum atomic E-state index is 4.26. The molecule has 0 amide bonds. The van der Waals surface area contributed by atoms with Gasteiger partial charge in [-0.1, -0.05) is 13.8 Å². The molecule has 2 aromatic rings. The number of rotatable bonds is 6. The summed E-state index contributed by atoms with van der Waals surface area (Å²) in [6, 6.07) is 6.95. The van der Waals surface area contributed by atoms with E-state index in [0.29, 0.717) is 6.04 Å². The fourth-order valence-electron chi connectivity index (χ4n) is 2.18. The van der Waals surface area contributed by atoms with Gasteiger partial charge >= 0.3 is 0 Å². The molecular formula is C14H21N3S. The van der Waals surface area contributed by atoms with Crippen molar-refractivity contribution in [1.82, 2.24) is 15.1 Å². The van der Waals surface area contributed by atoms with Crippen molar-refractivity contribution < 1.29 is 0 Å². The van der Waals surface area contributed by atoms with Gasteiger partial charge in [0.25, 0.3) is 0 Å². The van der Waals surface area contributed by atoms with Gasteiger partial charge < -0.3 is 5.32 Å². The molecule has 0 radical (unpaired) electrons. The summed E-state index contributed by atoms with van der Waals surface area (Å²) < 4.78 is 1.96. The van der Waals surface area contributed by atoms with Crippen molar-refractivity contribution in [1.29, 1.82) is 0 Å². The van der Waals surface area contributed by atoms with E-state index in [1.807, 2.05) is 29.3 Å². The van der Waals surface area contributed by atoms with Crippen molar-refractivity contribution in [2.45, 2.75) is 32.7 Å². The van der Waals surface area contributed by atoms with Gasteiger partial charge in [-0.3, -0.25) is 4.68 Å². The number of hydrogen-bond acceptors (Lipinski definition) is 3. The number of thiophene rings is 1. The molecule has 0 aromatic carbocycles. The average Bonchev–Trinajstić information content (AvgIpc) is 2.97. The van der Waals surface area contributed by atoms with Crippen molar-refractivity contribution in [3.63, 3.8) is 0 Å². The normalized spacial score (nSPS) is 12.8. The predicted molar refractivity (Wildman–Crippen MR) is 77.0 cm³/mol. The lowest BCUT2D eigenvalue weighted by molar-refractivity contribution is 0.510. The Morgan fingerprint density at radius 3 is 2.61 bits per heavy atom. The first-order valence-electron chi connectivity index (χ1n) is 6.53. The highest BCUT2D eigenvalue weighted by Crippen LogP contribution is 2.23. The fourth-order valence-corrected chi connectivity index (χ4v) is 3.18. The Labute approximate surface area is 113 Å². The summed E-state index contributed by atoms with van der Waals surface area (Å²) >= 11 is 1.92. The lowest BCUT2D eigenvalue weighted by Crippen LogP contribution is -2.24. The van der Waals surface area contributed by atoms with Crippen molar-refractivity contribution in [2.75, 3.05) is 6.54 Å². The third-order valence-electron chi connectivity index (χ3n) is 3.14. The minimum absolute atomic E-state index is 0.353. The van der Waals surface area contributed by atoms with Gasteiger partial charge in [-0.25, -0.2) is 0 Å². The Morgan fingerprint density at radius 1 is 1.28 bits per heavy atom. The zero-order chi connectivity index (χ0) is 13.0. The maximum absolute atomic E-state index is 4.26. The molecule has 0 aliphatic carbocycles. The molecule has 0 saturated carbocycles. The molecule has 0 saturated heterocycles. The molecule has 0 fully saturated rings. The van der Waals surface area contributed by atoms with E-state index in [1.165, 1.54) is 15.4 Å². The Balaban J connectivity index is 2.13. The zero-order valence-electron chi connectivity index (χ0n) is 11.3. The molecule has 1 atom stereocenters. The SMILES string of the molecule is CCNC(Cc1ccc(CC)s1)c1ccnn1C. The summed E-state index contributed by atoms with van der Waals surface area (Å²) in [7, 11) is 2.01. The zero-order valence-corrected chi connectivity index (χ0v) is 12.1. The van der Waals surface area contributed by atoms with E-state index in [9.17, 15) is 0 Å². The van der Waals surface area contributed by atoms with Gasteiger partial charge in [0.05, 0.1) is 11.7 Å². The average molecular weight is 263 g/mol. The van der Waals surface area contributed by atoms with Crippen LogP contribution in [0.1, 0.15) is 35.3 Å². The van der Waals surface area contributed by atoms with Crippen molar-refractivity contribution in [2.24, 2.45) is 7.05 Å². The van der Waals surface area contributed by atoms with Crippen LogP contribution in [0.2, 0.25) is 0 Å². The maximum Gasteiger partial charge on any atom is 0.0553 e. The molecule has 0 bridgehead atoms. The number of aryl methyl sites for hydroxylation is 2. The molecule has 1 N–H and O–H groups in total. The van der Waals surface area contributed by atoms with Crippen LogP contribution in [0.3, 0.4) is 0 Å². The van der Waals surface area contributed by atoms with Crippen LogP contribution < -0.4 is 5.32 Å². The Kier molecular flexibility index (Phi) is 4.55. The van der Waals surface area contributed by atoms with Crippen LogP contribution in [-0.2, 0) is 19.9 Å². The monoisotopic (exact) mass is 263 g/mol. The summed E-state index contributed by atoms with van der Waals surface area (Å²) in [6.07, 6.45) is 4.03. The number of nitrogens with one attached hydrogen (secondary N) is 1. The predicted octanol–water partition coefficient (Wildman–Crippen LogP) is 2.94. The number of likely N-dealkylation sites (N-methyl/N-ethyl adjacent to an activating group) is 1. The van der Waals surface area contributed by atoms with Crippen LogP contribution in [-0.4, -0.2) is 16.3 Å². The standard InChI is InChI=1S/C14H21N3S/c1-4-11-6-7-12(18-11)10-13(15-5-2)14-8-9-16-17(14)3/h6-9,13,15H,4-5,10H2,1-3H3. The molecule has 0 aliphatic rings. The van der Waals surface area contributed by atoms with Crippen LogP contribution in [0.25, 0.3) is 0 Å². The fraction of sp³-hybridized carbons (Fsp3) is 0.500. The minimum Gasteiger partial charge on any atom is -0.309 e. The van der Waals surface area contributed by atoms with Crippen molar-refractivity contribution >= 4 is 11.3 Å². The first-order chi connectivity index (χ1) is 8.74. The molecule has 18 heavy (non-hydrogen) atoms. The van der Waals surface area contributed by atoms with Crippen LogP contribution >= 0.6 is 11.3 Å². The molecule has 4 heteroatoms. The first kappa shape index (κ1) is 13.3. The smallest absolute Gasteiger partial charge is 0.0553 e. The quantitative estimate of drug-likeness (QED) is 0.868. The third-order valence-corrected chi connectivity index (χ3v) is 4.39. The van der Waals surface area contributed by atoms with Crippen LogP contribution in [0.4, 0.5) is 0 Å². The second-order valence-corrected chi connectivity index (χ2v) is 5.67. The van der Waals surface area contributed by atoms with E-state index in [4.69, 9.17) is 0 Å². The van der Waals surface area contributed by atoms with Crippen LogP contribution in [0, 0.1) is 0 Å². The summed E-state index contributed by atoms with van der Waals surface area (Å²) in [5, 5.41) is 7.81. The molecule has 2 aromatic heterocycles. The highest BCUT2D eigenvalue weighted by Gasteiger charge is 2.15. The van der Waals surface area contributed by atoms with Crippen molar-refractivity contribution in [3.05, 3.63) is 39.8 Å². The van der Waals surface area contributed by atoms with Gasteiger partial charge in [0.15, 0.2) is 0 Å². The summed E-state index contributed by atoms with van der Waals surface area (Å²) in [6.45, 7) is 5.33. The van der Waals surface area contributed by atoms with Gasteiger partial charge in [0, 0.05) is 29.4 Å². The molecule has 0 aliphatic heterocycles. The van der Waals surface area contributed by atoms with Crippen molar-refractivity contribution in [3.8, 4) is 0 Å². The van der Waals surface area contributed by atoms with Crippen LogP contribution in [0.5, 0.6) is 0 Å². The second kappa shape index (κ2) is 6.16. The molecule has 98 valence electrons. The van der Waals surface area contributed by atoms with Gasteiger partial charge in [-0.05, 0) is 31.2 Å². The van der Waals surface area contributed by atoms with Crippen LogP contribution in [0.15, 0.2) is 24.4 Å². The largest absolute Gasteiger partial charge is 0.309 e. The first-order valence-corrected chi connectivity index (χ1v) is 7.35. The summed E-state index contributed by atoms with van der Waals surface area (Å²) in [4.78, 5) is 2.91. The Hall–Kier alpha value is -1.13. The molecular weight excluding hydrogens is 242 g/mol. The molecule has 3 nitrogen and oxygen atoms in total. The lowest BCUT2D eigenvalue weighted by Gasteiger charge is -2.17. The van der Waals surface area contributed by atoms with E-state index >= 15 is 0 Å². The summed E-state index contributed by atoms with van der Waals surface area (Å²) in [5.41, 5.74) is 1.25. The van der Waals surface area contributed by atoms with Gasteiger partial charge in [-0.2, -0.15) is 5.10 Å². The second-order valence-electron chi connectivity index (χ2n) is 4.42. The molecule has 1 unspecified atom stereocenters. The van der Waals surface area contributed by atoms with E-state index in [-0.39, 0.29) is 0 Å². The van der Waals surface area contributed by atoms with E-state index in [0.717, 1.165) is 19.4 Å². The minimum atomic E-state index is 0.353. The number of nitrogens with zero attached hydrogens (tertiary/aromatic N) is 2.